The first-order valence-corrected chi connectivity index (χ1v) is 17.9. The van der Waals surface area contributed by atoms with Gasteiger partial charge in [-0.2, -0.15) is 0 Å². The number of benzene rings is 5. The number of amides is 3. The molecule has 5 rings (SSSR count). The average Bonchev–Trinajstić information content (AvgIpc) is 3.18. The number of carbonyl (C=O) groups excluding carboxylic acids is 3. The van der Waals surface area contributed by atoms with Crippen LogP contribution in [0.1, 0.15) is 66.1 Å². The first kappa shape index (κ1) is 36.6. The quantitative estimate of drug-likeness (QED) is 0.0675. The van der Waals surface area contributed by atoms with Crippen molar-refractivity contribution >= 4 is 29.1 Å². The molecule has 0 bridgehead atoms. The number of carbonyl (C=O) groups is 3. The van der Waals surface area contributed by atoms with Crippen LogP contribution in [0.5, 0.6) is 0 Å². The van der Waals surface area contributed by atoms with Crippen molar-refractivity contribution in [2.45, 2.75) is 58.0 Å². The van der Waals surface area contributed by atoms with Crippen LogP contribution >= 0.6 is 0 Å². The van der Waals surface area contributed by atoms with Crippen LogP contribution in [0.3, 0.4) is 0 Å². The molecule has 0 spiro atoms. The van der Waals surface area contributed by atoms with Crippen molar-refractivity contribution in [2.24, 2.45) is 0 Å². The van der Waals surface area contributed by atoms with Gasteiger partial charge in [-0.1, -0.05) is 142 Å². The van der Waals surface area contributed by atoms with Crippen LogP contribution in [0.15, 0.2) is 133 Å². The molecule has 262 valence electrons. The lowest BCUT2D eigenvalue weighted by Crippen LogP contribution is -2.41. The van der Waals surface area contributed by atoms with Crippen LogP contribution in [-0.4, -0.2) is 37.4 Å². The molecule has 7 heteroatoms. The number of nitrogens with one attached hydrogen (secondary N) is 3. The molecule has 0 heterocycles. The van der Waals surface area contributed by atoms with E-state index in [0.29, 0.717) is 36.3 Å². The SMILES string of the molecule is CCCCCCCNC(=O)N(C)c1cccc(-c2ccc(CC(Nc3ccccc3C(=O)c3ccccc3)C(=O)NCc3ccccc3)cc2)c1. The number of anilines is 2. The monoisotopic (exact) mass is 680 g/mol. The molecular weight excluding hydrogens is 633 g/mol. The summed E-state index contributed by atoms with van der Waals surface area (Å²) in [6.45, 7) is 3.26. The number of hydrogen-bond donors (Lipinski definition) is 3. The van der Waals surface area contributed by atoms with Gasteiger partial charge in [-0.15, -0.1) is 0 Å². The number of ketones is 1. The van der Waals surface area contributed by atoms with Crippen LogP contribution in [-0.2, 0) is 17.8 Å². The van der Waals surface area contributed by atoms with Crippen LogP contribution in [0, 0.1) is 0 Å². The number of rotatable bonds is 17. The number of nitrogens with zero attached hydrogens (tertiary/aromatic N) is 1. The smallest absolute Gasteiger partial charge is 0.321 e. The maximum Gasteiger partial charge on any atom is 0.321 e. The van der Waals surface area contributed by atoms with Gasteiger partial charge in [0.05, 0.1) is 0 Å². The summed E-state index contributed by atoms with van der Waals surface area (Å²) < 4.78 is 0. The summed E-state index contributed by atoms with van der Waals surface area (Å²) in [5.74, 6) is -0.279. The minimum absolute atomic E-state index is 0.112. The molecule has 3 amide bonds. The average molecular weight is 681 g/mol. The van der Waals surface area contributed by atoms with Crippen LogP contribution in [0.2, 0.25) is 0 Å². The largest absolute Gasteiger partial charge is 0.373 e. The van der Waals surface area contributed by atoms with E-state index < -0.39 is 6.04 Å². The molecule has 0 saturated carbocycles. The molecule has 1 atom stereocenters. The number of para-hydroxylation sites is 1. The highest BCUT2D eigenvalue weighted by molar-refractivity contribution is 6.12. The third-order valence-corrected chi connectivity index (χ3v) is 8.99. The summed E-state index contributed by atoms with van der Waals surface area (Å²) in [6, 6.07) is 41.6. The van der Waals surface area contributed by atoms with Gasteiger partial charge in [0.15, 0.2) is 5.78 Å². The van der Waals surface area contributed by atoms with Crippen molar-refractivity contribution < 1.29 is 14.4 Å². The van der Waals surface area contributed by atoms with Crippen molar-refractivity contribution in [2.75, 3.05) is 23.8 Å². The van der Waals surface area contributed by atoms with Gasteiger partial charge in [0.1, 0.15) is 6.04 Å². The lowest BCUT2D eigenvalue weighted by Gasteiger charge is -2.22. The summed E-state index contributed by atoms with van der Waals surface area (Å²) in [6.07, 6.45) is 6.14. The molecule has 5 aromatic rings. The molecule has 0 aliphatic rings. The van der Waals surface area contributed by atoms with Crippen molar-refractivity contribution in [1.82, 2.24) is 10.6 Å². The van der Waals surface area contributed by atoms with E-state index in [1.54, 1.807) is 30.1 Å². The molecule has 0 radical (unpaired) electrons. The van der Waals surface area contributed by atoms with E-state index in [2.05, 4.69) is 22.9 Å². The standard InChI is InChI=1S/C44H48N4O3/c1-3-4-5-6-15-29-45-44(51)48(2)38-22-16-21-37(31-38)35-27-25-33(26-28-35)30-41(43(50)46-32-34-17-9-7-10-18-34)47-40-24-14-13-23-39(40)42(49)36-19-11-8-12-20-36/h7-14,16-28,31,41,47H,3-6,15,29-30,32H2,1-2H3,(H,45,51)(H,46,50). The lowest BCUT2D eigenvalue weighted by atomic mass is 9.98. The third-order valence-electron chi connectivity index (χ3n) is 8.99. The normalized spacial score (nSPS) is 11.3. The van der Waals surface area contributed by atoms with Gasteiger partial charge >= 0.3 is 6.03 Å². The van der Waals surface area contributed by atoms with E-state index in [0.717, 1.165) is 40.8 Å². The van der Waals surface area contributed by atoms with Gasteiger partial charge in [0.2, 0.25) is 5.91 Å². The Labute approximate surface area is 302 Å². The highest BCUT2D eigenvalue weighted by Gasteiger charge is 2.22. The fourth-order valence-corrected chi connectivity index (χ4v) is 5.98. The van der Waals surface area contributed by atoms with E-state index in [1.807, 2.05) is 115 Å². The van der Waals surface area contributed by atoms with Gasteiger partial charge in [0, 0.05) is 49.1 Å². The predicted octanol–water partition coefficient (Wildman–Crippen LogP) is 9.04. The Morgan fingerprint density at radius 2 is 1.33 bits per heavy atom. The Morgan fingerprint density at radius 3 is 2.08 bits per heavy atom. The maximum atomic E-state index is 13.8. The van der Waals surface area contributed by atoms with Crippen LogP contribution in [0.25, 0.3) is 11.1 Å². The predicted molar refractivity (Wildman–Crippen MR) is 208 cm³/mol. The van der Waals surface area contributed by atoms with Gasteiger partial charge in [0.25, 0.3) is 0 Å². The zero-order valence-corrected chi connectivity index (χ0v) is 29.6. The zero-order chi connectivity index (χ0) is 35.8. The molecule has 0 aliphatic heterocycles. The number of hydrogen-bond acceptors (Lipinski definition) is 4. The van der Waals surface area contributed by atoms with E-state index >= 15 is 0 Å². The Kier molecular flexibility index (Phi) is 13.6. The Morgan fingerprint density at radius 1 is 0.647 bits per heavy atom. The summed E-state index contributed by atoms with van der Waals surface area (Å²) in [5, 5.41) is 9.53. The molecule has 0 aliphatic carbocycles. The zero-order valence-electron chi connectivity index (χ0n) is 29.6. The van der Waals surface area contributed by atoms with Gasteiger partial charge in [-0.05, 0) is 52.9 Å². The first-order valence-electron chi connectivity index (χ1n) is 17.9. The summed E-state index contributed by atoms with van der Waals surface area (Å²) in [4.78, 5) is 41.7. The molecule has 0 saturated heterocycles. The Balaban J connectivity index is 1.30. The van der Waals surface area contributed by atoms with Crippen molar-refractivity contribution in [3.63, 3.8) is 0 Å². The molecule has 3 N–H and O–H groups in total. The van der Waals surface area contributed by atoms with Crippen molar-refractivity contribution in [3.05, 3.63) is 156 Å². The second-order valence-electron chi connectivity index (χ2n) is 12.8. The van der Waals surface area contributed by atoms with E-state index in [-0.39, 0.29) is 17.7 Å². The van der Waals surface area contributed by atoms with Crippen LogP contribution in [0.4, 0.5) is 16.2 Å². The second kappa shape index (κ2) is 18.9. The molecule has 1 unspecified atom stereocenters. The summed E-state index contributed by atoms with van der Waals surface area (Å²) >= 11 is 0. The van der Waals surface area contributed by atoms with E-state index in [4.69, 9.17) is 0 Å². The third kappa shape index (κ3) is 10.6. The van der Waals surface area contributed by atoms with E-state index in [1.165, 1.54) is 19.3 Å². The van der Waals surface area contributed by atoms with Crippen molar-refractivity contribution in [1.29, 1.82) is 0 Å². The highest BCUT2D eigenvalue weighted by atomic mass is 16.2. The second-order valence-corrected chi connectivity index (χ2v) is 12.8. The van der Waals surface area contributed by atoms with Gasteiger partial charge in [-0.25, -0.2) is 4.79 Å². The molecule has 0 aromatic heterocycles. The van der Waals surface area contributed by atoms with E-state index in [9.17, 15) is 14.4 Å². The highest BCUT2D eigenvalue weighted by Crippen LogP contribution is 2.26. The Hall–Kier alpha value is -5.69. The van der Waals surface area contributed by atoms with Crippen molar-refractivity contribution in [3.8, 4) is 11.1 Å². The molecule has 51 heavy (non-hydrogen) atoms. The molecule has 5 aromatic carbocycles. The molecular formula is C44H48N4O3. The number of unbranched alkanes of at least 4 members (excludes halogenated alkanes) is 4. The number of urea groups is 1. The fourth-order valence-electron chi connectivity index (χ4n) is 5.98. The minimum atomic E-state index is -0.647. The van der Waals surface area contributed by atoms with Crippen LogP contribution < -0.4 is 20.9 Å². The first-order chi connectivity index (χ1) is 24.9. The topological polar surface area (TPSA) is 90.5 Å². The minimum Gasteiger partial charge on any atom is -0.373 e. The Bertz CT molecular complexity index is 1860. The summed E-state index contributed by atoms with van der Waals surface area (Å²) in [7, 11) is 1.79. The fraction of sp³-hybridized carbons (Fsp3) is 0.250. The maximum absolute atomic E-state index is 13.8. The molecule has 0 fully saturated rings. The summed E-state index contributed by atoms with van der Waals surface area (Å²) in [5.41, 5.74) is 6.45. The van der Waals surface area contributed by atoms with Gasteiger partial charge in [-0.3, -0.25) is 14.5 Å². The lowest BCUT2D eigenvalue weighted by molar-refractivity contribution is -0.122. The van der Waals surface area contributed by atoms with Gasteiger partial charge < -0.3 is 16.0 Å². The molecule has 7 nitrogen and oxygen atoms in total.